The number of carbonyl (C=O) groups excluding carboxylic acids is 1. The third kappa shape index (κ3) is 3.50. The van der Waals surface area contributed by atoms with Crippen LogP contribution in [0.15, 0.2) is 6.07 Å². The van der Waals surface area contributed by atoms with Gasteiger partial charge in [0.15, 0.2) is 5.65 Å². The fourth-order valence-electron chi connectivity index (χ4n) is 3.65. The van der Waals surface area contributed by atoms with Crippen molar-refractivity contribution in [2.24, 2.45) is 5.92 Å². The highest BCUT2D eigenvalue weighted by Crippen LogP contribution is 2.25. The highest BCUT2D eigenvalue weighted by molar-refractivity contribution is 6.01. The summed E-state index contributed by atoms with van der Waals surface area (Å²) < 4.78 is 1.72. The van der Waals surface area contributed by atoms with E-state index in [0.29, 0.717) is 36.4 Å². The number of nitrogens with zero attached hydrogens (tertiary/aromatic N) is 4. The van der Waals surface area contributed by atoms with Crippen LogP contribution in [0, 0.1) is 26.7 Å². The summed E-state index contributed by atoms with van der Waals surface area (Å²) in [6.45, 7) is 7.00. The van der Waals surface area contributed by atoms with Crippen LogP contribution in [0.2, 0.25) is 0 Å². The van der Waals surface area contributed by atoms with Gasteiger partial charge < -0.3 is 10.0 Å². The van der Waals surface area contributed by atoms with Crippen molar-refractivity contribution in [2.75, 3.05) is 13.1 Å². The standard InChI is InChI=1S/C18H24N4O3/c1-11-9-12(2)22-17(19-11)16(13(3)20-22)18(25)21-8-4-5-14(10-21)6-7-15(23)24/h9,14H,4-8,10H2,1-3H3,(H,23,24). The smallest absolute Gasteiger partial charge is 0.303 e. The van der Waals surface area contributed by atoms with Gasteiger partial charge in [0.1, 0.15) is 5.56 Å². The van der Waals surface area contributed by atoms with Crippen molar-refractivity contribution in [3.05, 3.63) is 28.7 Å². The number of likely N-dealkylation sites (tertiary alicyclic amines) is 1. The molecule has 2 aromatic rings. The molecule has 2 aromatic heterocycles. The lowest BCUT2D eigenvalue weighted by Crippen LogP contribution is -2.40. The average molecular weight is 344 g/mol. The second kappa shape index (κ2) is 6.82. The van der Waals surface area contributed by atoms with Crippen LogP contribution in [0.4, 0.5) is 0 Å². The molecule has 1 aliphatic rings. The number of amides is 1. The monoisotopic (exact) mass is 344 g/mol. The summed E-state index contributed by atoms with van der Waals surface area (Å²) in [5.41, 5.74) is 3.65. The van der Waals surface area contributed by atoms with Crippen molar-refractivity contribution in [3.8, 4) is 0 Å². The predicted molar refractivity (Wildman–Crippen MR) is 92.7 cm³/mol. The molecule has 0 aliphatic carbocycles. The number of piperidine rings is 1. The third-order valence-electron chi connectivity index (χ3n) is 4.86. The average Bonchev–Trinajstić information content (AvgIpc) is 2.89. The van der Waals surface area contributed by atoms with Crippen LogP contribution in [0.25, 0.3) is 5.65 Å². The highest BCUT2D eigenvalue weighted by Gasteiger charge is 2.29. The third-order valence-corrected chi connectivity index (χ3v) is 4.86. The molecule has 0 bridgehead atoms. The summed E-state index contributed by atoms with van der Waals surface area (Å²) in [6.07, 6.45) is 2.65. The van der Waals surface area contributed by atoms with Crippen molar-refractivity contribution >= 4 is 17.5 Å². The molecule has 7 nitrogen and oxygen atoms in total. The first-order valence-corrected chi connectivity index (χ1v) is 8.71. The van der Waals surface area contributed by atoms with Gasteiger partial charge >= 0.3 is 5.97 Å². The molecule has 25 heavy (non-hydrogen) atoms. The summed E-state index contributed by atoms with van der Waals surface area (Å²) in [7, 11) is 0. The van der Waals surface area contributed by atoms with Crippen molar-refractivity contribution in [1.82, 2.24) is 19.5 Å². The molecule has 0 radical (unpaired) electrons. The fraction of sp³-hybridized carbons (Fsp3) is 0.556. The minimum absolute atomic E-state index is 0.0509. The number of fused-ring (bicyclic) bond motifs is 1. The molecule has 0 aromatic carbocycles. The van der Waals surface area contributed by atoms with E-state index in [-0.39, 0.29) is 18.2 Å². The molecule has 1 unspecified atom stereocenters. The zero-order chi connectivity index (χ0) is 18.1. The Balaban J connectivity index is 1.86. The number of hydrogen-bond acceptors (Lipinski definition) is 4. The van der Waals surface area contributed by atoms with Gasteiger partial charge in [0.2, 0.25) is 0 Å². The Labute approximate surface area is 146 Å². The molecule has 1 saturated heterocycles. The summed E-state index contributed by atoms with van der Waals surface area (Å²) >= 11 is 0. The number of rotatable bonds is 4. The number of aryl methyl sites for hydroxylation is 3. The van der Waals surface area contributed by atoms with Crippen molar-refractivity contribution in [3.63, 3.8) is 0 Å². The first-order valence-electron chi connectivity index (χ1n) is 8.71. The molecule has 1 amide bonds. The molecular formula is C18H24N4O3. The minimum atomic E-state index is -0.780. The van der Waals surface area contributed by atoms with Gasteiger partial charge in [-0.2, -0.15) is 5.10 Å². The number of aromatic nitrogens is 3. The molecule has 0 spiro atoms. The van der Waals surface area contributed by atoms with Crippen molar-refractivity contribution in [2.45, 2.75) is 46.5 Å². The van der Waals surface area contributed by atoms with Crippen LogP contribution in [-0.2, 0) is 4.79 Å². The van der Waals surface area contributed by atoms with Gasteiger partial charge in [0, 0.05) is 30.9 Å². The van der Waals surface area contributed by atoms with Crippen LogP contribution in [0.5, 0.6) is 0 Å². The number of carboxylic acid groups (broad SMARTS) is 1. The first kappa shape index (κ1) is 17.4. The second-order valence-electron chi connectivity index (χ2n) is 6.93. The lowest BCUT2D eigenvalue weighted by Gasteiger charge is -2.32. The normalized spacial score (nSPS) is 17.9. The van der Waals surface area contributed by atoms with Crippen LogP contribution in [0.1, 0.15) is 53.1 Å². The van der Waals surface area contributed by atoms with Gasteiger partial charge in [-0.25, -0.2) is 9.50 Å². The maximum Gasteiger partial charge on any atom is 0.303 e. The summed E-state index contributed by atoms with van der Waals surface area (Å²) in [4.78, 5) is 30.3. The SMILES string of the molecule is Cc1cc(C)n2nc(C)c(C(=O)N3CCCC(CCC(=O)O)C3)c2n1. The summed E-state index contributed by atoms with van der Waals surface area (Å²) in [5, 5.41) is 13.4. The van der Waals surface area contributed by atoms with Crippen LogP contribution in [-0.4, -0.2) is 49.6 Å². The summed E-state index contributed by atoms with van der Waals surface area (Å²) in [5.74, 6) is -0.588. The van der Waals surface area contributed by atoms with Gasteiger partial charge in [-0.3, -0.25) is 9.59 Å². The Kier molecular flexibility index (Phi) is 4.74. The van der Waals surface area contributed by atoms with Gasteiger partial charge in [0.05, 0.1) is 5.69 Å². The van der Waals surface area contributed by atoms with E-state index < -0.39 is 5.97 Å². The number of carboxylic acids is 1. The Morgan fingerprint density at radius 3 is 2.80 bits per heavy atom. The quantitative estimate of drug-likeness (QED) is 0.920. The van der Waals surface area contributed by atoms with E-state index in [1.165, 1.54) is 0 Å². The molecule has 1 fully saturated rings. The molecule has 1 atom stereocenters. The zero-order valence-electron chi connectivity index (χ0n) is 14.9. The first-order chi connectivity index (χ1) is 11.9. The van der Waals surface area contributed by atoms with Crippen LogP contribution >= 0.6 is 0 Å². The van der Waals surface area contributed by atoms with E-state index in [2.05, 4.69) is 10.1 Å². The maximum atomic E-state index is 13.1. The Bertz CT molecular complexity index is 827. The lowest BCUT2D eigenvalue weighted by atomic mass is 9.93. The van der Waals surface area contributed by atoms with E-state index in [1.807, 2.05) is 31.7 Å². The maximum absolute atomic E-state index is 13.1. The molecule has 3 heterocycles. The van der Waals surface area contributed by atoms with E-state index in [4.69, 9.17) is 5.11 Å². The van der Waals surface area contributed by atoms with E-state index >= 15 is 0 Å². The number of aliphatic carboxylic acids is 1. The predicted octanol–water partition coefficient (Wildman–Crippen LogP) is 2.37. The van der Waals surface area contributed by atoms with Crippen LogP contribution in [0.3, 0.4) is 0 Å². The van der Waals surface area contributed by atoms with Gasteiger partial charge in [0.25, 0.3) is 5.91 Å². The zero-order valence-corrected chi connectivity index (χ0v) is 14.9. The Hall–Kier alpha value is -2.44. The van der Waals surface area contributed by atoms with Crippen molar-refractivity contribution < 1.29 is 14.7 Å². The van der Waals surface area contributed by atoms with Gasteiger partial charge in [-0.05, 0) is 52.0 Å². The Morgan fingerprint density at radius 2 is 2.08 bits per heavy atom. The number of carbonyl (C=O) groups is 2. The summed E-state index contributed by atoms with van der Waals surface area (Å²) in [6, 6.07) is 1.94. The van der Waals surface area contributed by atoms with Crippen molar-refractivity contribution in [1.29, 1.82) is 0 Å². The largest absolute Gasteiger partial charge is 0.481 e. The van der Waals surface area contributed by atoms with E-state index in [0.717, 1.165) is 24.2 Å². The number of hydrogen-bond donors (Lipinski definition) is 1. The topological polar surface area (TPSA) is 87.8 Å². The molecule has 1 N–H and O–H groups in total. The molecule has 7 heteroatoms. The van der Waals surface area contributed by atoms with Gasteiger partial charge in [-0.1, -0.05) is 0 Å². The second-order valence-corrected chi connectivity index (χ2v) is 6.93. The molecular weight excluding hydrogens is 320 g/mol. The molecule has 134 valence electrons. The lowest BCUT2D eigenvalue weighted by molar-refractivity contribution is -0.137. The Morgan fingerprint density at radius 1 is 1.32 bits per heavy atom. The van der Waals surface area contributed by atoms with Gasteiger partial charge in [-0.15, -0.1) is 0 Å². The molecule has 0 saturated carbocycles. The fourth-order valence-corrected chi connectivity index (χ4v) is 3.65. The molecule has 3 rings (SSSR count). The molecule has 1 aliphatic heterocycles. The van der Waals surface area contributed by atoms with E-state index in [1.54, 1.807) is 4.52 Å². The highest BCUT2D eigenvalue weighted by atomic mass is 16.4. The minimum Gasteiger partial charge on any atom is -0.481 e. The van der Waals surface area contributed by atoms with E-state index in [9.17, 15) is 9.59 Å². The van der Waals surface area contributed by atoms with Crippen LogP contribution < -0.4 is 0 Å².